The lowest BCUT2D eigenvalue weighted by atomic mass is 9.79. The summed E-state index contributed by atoms with van der Waals surface area (Å²) in [5.74, 6) is 3.13. The van der Waals surface area contributed by atoms with E-state index < -0.39 is 0 Å². The van der Waals surface area contributed by atoms with E-state index in [1.165, 1.54) is 19.2 Å². The number of rotatable bonds is 3. The van der Waals surface area contributed by atoms with Crippen LogP contribution in [0.2, 0.25) is 0 Å². The number of aromatic nitrogens is 4. The maximum absolute atomic E-state index is 6.12. The number of halogens is 1. The molecule has 2 aromatic heterocycles. The maximum Gasteiger partial charge on any atom is 0.245 e. The molecule has 0 aliphatic heterocycles. The van der Waals surface area contributed by atoms with Gasteiger partial charge in [-0.1, -0.05) is 13.8 Å². The Labute approximate surface area is 129 Å². The third kappa shape index (κ3) is 2.48. The summed E-state index contributed by atoms with van der Waals surface area (Å²) in [5.41, 5.74) is 1.55. The molecule has 0 amide bonds. The van der Waals surface area contributed by atoms with Gasteiger partial charge in [-0.15, -0.1) is 11.6 Å². The number of hydrogen-bond acceptors (Lipinski definition) is 4. The van der Waals surface area contributed by atoms with Gasteiger partial charge in [-0.3, -0.25) is 0 Å². The number of imidazole rings is 1. The highest BCUT2D eigenvalue weighted by Gasteiger charge is 2.30. The summed E-state index contributed by atoms with van der Waals surface area (Å²) in [4.78, 5) is 13.2. The number of hydrogen-bond donors (Lipinski definition) is 0. The third-order valence-electron chi connectivity index (χ3n) is 4.55. The Kier molecular flexibility index (Phi) is 4.02. The lowest BCUT2D eigenvalue weighted by Crippen LogP contribution is -2.26. The van der Waals surface area contributed by atoms with E-state index in [-0.39, 0.29) is 0 Å². The molecule has 1 fully saturated rings. The van der Waals surface area contributed by atoms with Gasteiger partial charge in [0.2, 0.25) is 5.88 Å². The van der Waals surface area contributed by atoms with Gasteiger partial charge in [0, 0.05) is 6.04 Å². The standard InChI is InChI=1S/C15H21ClN4O/c1-9-4-5-11(10(2)6-9)20-12(7-16)19-13-14(20)17-8-18-15(13)21-3/h8-11H,4-7H2,1-3H3. The Balaban J connectivity index is 2.12. The molecule has 0 radical (unpaired) electrons. The van der Waals surface area contributed by atoms with Gasteiger partial charge in [0.15, 0.2) is 11.2 Å². The quantitative estimate of drug-likeness (QED) is 0.813. The fourth-order valence-corrected chi connectivity index (χ4v) is 3.75. The van der Waals surface area contributed by atoms with E-state index in [9.17, 15) is 0 Å². The number of nitrogens with zero attached hydrogens (tertiary/aromatic N) is 4. The largest absolute Gasteiger partial charge is 0.479 e. The Morgan fingerprint density at radius 2 is 2.14 bits per heavy atom. The van der Waals surface area contributed by atoms with Gasteiger partial charge in [-0.05, 0) is 31.1 Å². The maximum atomic E-state index is 6.12. The van der Waals surface area contributed by atoms with Crippen molar-refractivity contribution in [1.82, 2.24) is 19.5 Å². The number of fused-ring (bicyclic) bond motifs is 1. The average Bonchev–Trinajstić information content (AvgIpc) is 2.85. The van der Waals surface area contributed by atoms with Crippen LogP contribution >= 0.6 is 11.6 Å². The Hall–Kier alpha value is -1.36. The van der Waals surface area contributed by atoms with Crippen molar-refractivity contribution in [3.05, 3.63) is 12.2 Å². The van der Waals surface area contributed by atoms with Crippen molar-refractivity contribution in [2.24, 2.45) is 11.8 Å². The smallest absolute Gasteiger partial charge is 0.245 e. The second-order valence-corrected chi connectivity index (χ2v) is 6.32. The first kappa shape index (κ1) is 14.6. The molecule has 3 atom stereocenters. The van der Waals surface area contributed by atoms with Crippen LogP contribution in [0.1, 0.15) is 45.0 Å². The van der Waals surface area contributed by atoms with Crippen LogP contribution in [0, 0.1) is 11.8 Å². The molecule has 1 aliphatic carbocycles. The zero-order valence-electron chi connectivity index (χ0n) is 12.7. The van der Waals surface area contributed by atoms with Crippen LogP contribution in [0.15, 0.2) is 6.33 Å². The summed E-state index contributed by atoms with van der Waals surface area (Å²) in [6, 6.07) is 0.402. The third-order valence-corrected chi connectivity index (χ3v) is 4.79. The van der Waals surface area contributed by atoms with Crippen LogP contribution in [-0.4, -0.2) is 26.6 Å². The number of alkyl halides is 1. The Bertz CT molecular complexity index is 642. The minimum atomic E-state index is 0.373. The van der Waals surface area contributed by atoms with Gasteiger partial charge >= 0.3 is 0 Å². The normalized spacial score (nSPS) is 26.2. The van der Waals surface area contributed by atoms with Crippen molar-refractivity contribution in [2.45, 2.75) is 45.0 Å². The Morgan fingerprint density at radius 1 is 1.33 bits per heavy atom. The molecule has 3 rings (SSSR count). The van der Waals surface area contributed by atoms with Crippen LogP contribution in [0.25, 0.3) is 11.2 Å². The van der Waals surface area contributed by atoms with E-state index in [4.69, 9.17) is 16.3 Å². The second-order valence-electron chi connectivity index (χ2n) is 6.05. The first-order chi connectivity index (χ1) is 10.2. The first-order valence-electron chi connectivity index (χ1n) is 7.47. The molecule has 0 bridgehead atoms. The van der Waals surface area contributed by atoms with Crippen LogP contribution in [0.4, 0.5) is 0 Å². The molecule has 0 aromatic carbocycles. The summed E-state index contributed by atoms with van der Waals surface area (Å²) in [7, 11) is 1.60. The van der Waals surface area contributed by atoms with E-state index in [0.29, 0.717) is 29.2 Å². The molecular weight excluding hydrogens is 288 g/mol. The predicted octanol–water partition coefficient (Wildman–Crippen LogP) is 3.57. The molecule has 2 aromatic rings. The molecule has 5 nitrogen and oxygen atoms in total. The molecule has 0 spiro atoms. The van der Waals surface area contributed by atoms with Crippen molar-refractivity contribution < 1.29 is 4.74 Å². The van der Waals surface area contributed by atoms with Gasteiger partial charge < -0.3 is 9.30 Å². The van der Waals surface area contributed by atoms with Gasteiger partial charge in [-0.25, -0.2) is 9.97 Å². The van der Waals surface area contributed by atoms with Gasteiger partial charge in [-0.2, -0.15) is 4.98 Å². The molecule has 114 valence electrons. The van der Waals surface area contributed by atoms with Crippen molar-refractivity contribution in [3.63, 3.8) is 0 Å². The van der Waals surface area contributed by atoms with Gasteiger partial charge in [0.25, 0.3) is 0 Å². The van der Waals surface area contributed by atoms with Crippen molar-refractivity contribution in [1.29, 1.82) is 0 Å². The lowest BCUT2D eigenvalue weighted by molar-refractivity contribution is 0.208. The number of ether oxygens (including phenoxy) is 1. The predicted molar refractivity (Wildman–Crippen MR) is 82.6 cm³/mol. The van der Waals surface area contributed by atoms with E-state index in [1.807, 2.05) is 0 Å². The van der Waals surface area contributed by atoms with Crippen LogP contribution in [-0.2, 0) is 5.88 Å². The SMILES string of the molecule is COc1ncnc2c1nc(CCl)n2C1CCC(C)CC1C. The zero-order chi connectivity index (χ0) is 15.0. The summed E-state index contributed by atoms with van der Waals surface area (Å²) in [6.07, 6.45) is 5.14. The van der Waals surface area contributed by atoms with Crippen LogP contribution in [0.5, 0.6) is 5.88 Å². The van der Waals surface area contributed by atoms with Gasteiger partial charge in [0.05, 0.1) is 13.0 Å². The number of methoxy groups -OCH3 is 1. The van der Waals surface area contributed by atoms with E-state index in [2.05, 4.69) is 33.4 Å². The summed E-state index contributed by atoms with van der Waals surface area (Å²) < 4.78 is 7.51. The summed E-state index contributed by atoms with van der Waals surface area (Å²) in [5, 5.41) is 0. The zero-order valence-corrected chi connectivity index (χ0v) is 13.5. The molecule has 0 saturated heterocycles. The summed E-state index contributed by atoms with van der Waals surface area (Å²) >= 11 is 6.12. The van der Waals surface area contributed by atoms with Crippen molar-refractivity contribution in [3.8, 4) is 5.88 Å². The molecule has 6 heteroatoms. The molecule has 1 aliphatic rings. The van der Waals surface area contributed by atoms with Crippen molar-refractivity contribution >= 4 is 22.8 Å². The average molecular weight is 309 g/mol. The van der Waals surface area contributed by atoms with E-state index >= 15 is 0 Å². The van der Waals surface area contributed by atoms with Crippen LogP contribution in [0.3, 0.4) is 0 Å². The second kappa shape index (κ2) is 5.79. The van der Waals surface area contributed by atoms with Gasteiger partial charge in [0.1, 0.15) is 12.2 Å². The molecular formula is C15H21ClN4O. The first-order valence-corrected chi connectivity index (χ1v) is 8.00. The topological polar surface area (TPSA) is 52.8 Å². The molecule has 1 saturated carbocycles. The molecule has 0 N–H and O–H groups in total. The molecule has 3 unspecified atom stereocenters. The van der Waals surface area contributed by atoms with E-state index in [0.717, 1.165) is 23.8 Å². The Morgan fingerprint density at radius 3 is 2.81 bits per heavy atom. The lowest BCUT2D eigenvalue weighted by Gasteiger charge is -2.34. The molecule has 21 heavy (non-hydrogen) atoms. The van der Waals surface area contributed by atoms with Crippen molar-refractivity contribution in [2.75, 3.05) is 7.11 Å². The summed E-state index contributed by atoms with van der Waals surface area (Å²) in [6.45, 7) is 4.63. The molecule has 2 heterocycles. The fourth-order valence-electron chi connectivity index (χ4n) is 3.56. The highest BCUT2D eigenvalue weighted by Crippen LogP contribution is 2.39. The van der Waals surface area contributed by atoms with E-state index in [1.54, 1.807) is 7.11 Å². The highest BCUT2D eigenvalue weighted by atomic mass is 35.5. The minimum absolute atomic E-state index is 0.373. The fraction of sp³-hybridized carbons (Fsp3) is 0.667. The van der Waals surface area contributed by atoms with Crippen LogP contribution < -0.4 is 4.74 Å². The minimum Gasteiger partial charge on any atom is -0.479 e. The monoisotopic (exact) mass is 308 g/mol. The highest BCUT2D eigenvalue weighted by molar-refractivity contribution is 6.16.